The van der Waals surface area contributed by atoms with E-state index >= 15 is 0 Å². The first-order valence-corrected chi connectivity index (χ1v) is 5.70. The molecular weight excluding hydrogens is 252 g/mol. The third-order valence-electron chi connectivity index (χ3n) is 2.90. The van der Waals surface area contributed by atoms with E-state index in [4.69, 9.17) is 4.74 Å². The summed E-state index contributed by atoms with van der Waals surface area (Å²) in [6.07, 6.45) is 0.726. The number of carboxylic acids is 1. The average Bonchev–Trinajstić information content (AvgIpc) is 2.75. The van der Waals surface area contributed by atoms with Gasteiger partial charge in [0.05, 0.1) is 13.1 Å². The summed E-state index contributed by atoms with van der Waals surface area (Å²) in [6.45, 7) is 5.39. The van der Waals surface area contributed by atoms with Gasteiger partial charge in [0.1, 0.15) is 12.4 Å². The van der Waals surface area contributed by atoms with E-state index in [9.17, 15) is 14.7 Å². The number of aliphatic carboxylic acids is 1. The Morgan fingerprint density at radius 3 is 2.95 bits per heavy atom. The van der Waals surface area contributed by atoms with Gasteiger partial charge in [0.2, 0.25) is 0 Å². The van der Waals surface area contributed by atoms with Gasteiger partial charge in [-0.3, -0.25) is 4.90 Å². The number of aromatic nitrogens is 3. The molecule has 1 aromatic rings. The summed E-state index contributed by atoms with van der Waals surface area (Å²) in [6, 6.07) is -0.987. The van der Waals surface area contributed by atoms with Crippen LogP contribution in [-0.2, 0) is 22.6 Å². The van der Waals surface area contributed by atoms with Crippen LogP contribution >= 0.6 is 0 Å². The predicted octanol–water partition coefficient (Wildman–Crippen LogP) is 0.178. The summed E-state index contributed by atoms with van der Waals surface area (Å²) in [7, 11) is 0. The first-order valence-electron chi connectivity index (χ1n) is 5.70. The molecule has 0 saturated heterocycles. The molecule has 0 bridgehead atoms. The van der Waals surface area contributed by atoms with Crippen molar-refractivity contribution in [2.45, 2.75) is 26.1 Å². The summed E-state index contributed by atoms with van der Waals surface area (Å²) < 4.78 is 6.57. The zero-order valence-electron chi connectivity index (χ0n) is 10.4. The van der Waals surface area contributed by atoms with Crippen molar-refractivity contribution < 1.29 is 19.4 Å². The summed E-state index contributed by atoms with van der Waals surface area (Å²) in [4.78, 5) is 24.2. The normalized spacial score (nSPS) is 17.7. The highest BCUT2D eigenvalue weighted by molar-refractivity contribution is 5.80. The Labute approximate surface area is 109 Å². The Hall–Kier alpha value is -2.38. The fourth-order valence-electron chi connectivity index (χ4n) is 1.93. The zero-order chi connectivity index (χ0) is 14.0. The Morgan fingerprint density at radius 2 is 2.32 bits per heavy atom. The number of nitrogens with zero attached hydrogens (tertiary/aromatic N) is 4. The molecule has 0 radical (unpaired) electrons. The van der Waals surface area contributed by atoms with Crippen LogP contribution in [0.2, 0.25) is 0 Å². The van der Waals surface area contributed by atoms with E-state index in [1.807, 2.05) is 0 Å². The minimum absolute atomic E-state index is 0.0351. The van der Waals surface area contributed by atoms with Crippen molar-refractivity contribution in [2.75, 3.05) is 6.61 Å². The fraction of sp³-hybridized carbons (Fsp3) is 0.455. The lowest BCUT2D eigenvalue weighted by molar-refractivity contribution is -0.144. The quantitative estimate of drug-likeness (QED) is 0.784. The first kappa shape index (κ1) is 13.1. The van der Waals surface area contributed by atoms with E-state index in [-0.39, 0.29) is 19.7 Å². The van der Waals surface area contributed by atoms with E-state index in [0.717, 1.165) is 4.90 Å². The van der Waals surface area contributed by atoms with Crippen LogP contribution in [0.3, 0.4) is 0 Å². The van der Waals surface area contributed by atoms with Gasteiger partial charge >= 0.3 is 12.1 Å². The van der Waals surface area contributed by atoms with Crippen molar-refractivity contribution in [3.8, 4) is 0 Å². The van der Waals surface area contributed by atoms with Crippen LogP contribution in [-0.4, -0.2) is 49.5 Å². The molecule has 8 nitrogen and oxygen atoms in total. The molecule has 1 amide bonds. The highest BCUT2D eigenvalue weighted by atomic mass is 16.6. The molecule has 1 aliphatic heterocycles. The number of aryl methyl sites for hydroxylation is 1. The van der Waals surface area contributed by atoms with E-state index < -0.39 is 18.1 Å². The molecule has 1 aliphatic rings. The van der Waals surface area contributed by atoms with Crippen molar-refractivity contribution >= 4 is 12.1 Å². The second-order valence-corrected chi connectivity index (χ2v) is 4.12. The predicted molar refractivity (Wildman–Crippen MR) is 63.3 cm³/mol. The van der Waals surface area contributed by atoms with E-state index in [1.54, 1.807) is 11.5 Å². The van der Waals surface area contributed by atoms with Crippen LogP contribution in [0.5, 0.6) is 0 Å². The number of rotatable bonds is 3. The van der Waals surface area contributed by atoms with Gasteiger partial charge in [0, 0.05) is 0 Å². The molecule has 1 atom stereocenters. The first-order chi connectivity index (χ1) is 9.04. The monoisotopic (exact) mass is 266 g/mol. The Kier molecular flexibility index (Phi) is 3.50. The number of carboxylic acid groups (broad SMARTS) is 1. The van der Waals surface area contributed by atoms with Crippen molar-refractivity contribution in [3.63, 3.8) is 0 Å². The maximum absolute atomic E-state index is 11.8. The standard InChI is InChI=1S/C11H14N4O4/c1-3-4-19-11(18)15-6-9-13-12-7(2)14(9)5-8(15)10(16)17/h3,8H,1,4-6H2,2H3,(H,16,17). The molecule has 1 unspecified atom stereocenters. The third kappa shape index (κ3) is 2.42. The summed E-state index contributed by atoms with van der Waals surface area (Å²) in [5.74, 6) is 0.0835. The zero-order valence-corrected chi connectivity index (χ0v) is 10.4. The lowest BCUT2D eigenvalue weighted by Gasteiger charge is -2.32. The van der Waals surface area contributed by atoms with Gasteiger partial charge in [-0.2, -0.15) is 0 Å². The molecular formula is C11H14N4O4. The summed E-state index contributed by atoms with van der Waals surface area (Å²) in [5.41, 5.74) is 0. The second kappa shape index (κ2) is 5.09. The number of fused-ring (bicyclic) bond motifs is 1. The molecule has 0 fully saturated rings. The third-order valence-corrected chi connectivity index (χ3v) is 2.90. The molecule has 102 valence electrons. The highest BCUT2D eigenvalue weighted by Crippen LogP contribution is 2.18. The molecule has 2 rings (SSSR count). The van der Waals surface area contributed by atoms with E-state index in [2.05, 4.69) is 16.8 Å². The van der Waals surface area contributed by atoms with Crippen molar-refractivity contribution in [2.24, 2.45) is 0 Å². The summed E-state index contributed by atoms with van der Waals surface area (Å²) >= 11 is 0. The lowest BCUT2D eigenvalue weighted by Crippen LogP contribution is -2.50. The minimum Gasteiger partial charge on any atom is -0.480 e. The number of carbonyl (C=O) groups is 2. The second-order valence-electron chi connectivity index (χ2n) is 4.12. The van der Waals surface area contributed by atoms with Gasteiger partial charge in [-0.15, -0.1) is 10.2 Å². The number of hydrogen-bond acceptors (Lipinski definition) is 5. The SMILES string of the molecule is C=CCOC(=O)N1Cc2nnc(C)n2CC1C(=O)O. The average molecular weight is 266 g/mol. The molecule has 2 heterocycles. The van der Waals surface area contributed by atoms with Gasteiger partial charge in [-0.1, -0.05) is 12.7 Å². The van der Waals surface area contributed by atoms with Crippen LogP contribution in [0.4, 0.5) is 4.79 Å². The molecule has 8 heteroatoms. The molecule has 0 saturated carbocycles. The summed E-state index contributed by atoms with van der Waals surface area (Å²) in [5, 5.41) is 17.0. The molecule has 0 aliphatic carbocycles. The fourth-order valence-corrected chi connectivity index (χ4v) is 1.93. The van der Waals surface area contributed by atoms with E-state index in [1.165, 1.54) is 6.08 Å². The van der Waals surface area contributed by atoms with Crippen LogP contribution in [0.25, 0.3) is 0 Å². The molecule has 0 spiro atoms. The Balaban J connectivity index is 2.24. The van der Waals surface area contributed by atoms with Crippen molar-refractivity contribution in [3.05, 3.63) is 24.3 Å². The van der Waals surface area contributed by atoms with E-state index in [0.29, 0.717) is 11.6 Å². The van der Waals surface area contributed by atoms with Crippen LogP contribution in [0.15, 0.2) is 12.7 Å². The molecule has 19 heavy (non-hydrogen) atoms. The van der Waals surface area contributed by atoms with Crippen LogP contribution in [0.1, 0.15) is 11.6 Å². The van der Waals surface area contributed by atoms with Gasteiger partial charge < -0.3 is 14.4 Å². The topological polar surface area (TPSA) is 97.5 Å². The van der Waals surface area contributed by atoms with Gasteiger partial charge in [-0.05, 0) is 6.92 Å². The van der Waals surface area contributed by atoms with Crippen LogP contribution < -0.4 is 0 Å². The molecule has 1 aromatic heterocycles. The van der Waals surface area contributed by atoms with Gasteiger partial charge in [0.25, 0.3) is 0 Å². The maximum atomic E-state index is 11.8. The smallest absolute Gasteiger partial charge is 0.411 e. The van der Waals surface area contributed by atoms with Gasteiger partial charge in [0.15, 0.2) is 11.9 Å². The van der Waals surface area contributed by atoms with Gasteiger partial charge in [-0.25, -0.2) is 9.59 Å². The molecule has 1 N–H and O–H groups in total. The minimum atomic E-state index is -1.09. The molecule has 0 aromatic carbocycles. The Morgan fingerprint density at radius 1 is 1.58 bits per heavy atom. The number of carbonyl (C=O) groups excluding carboxylic acids is 1. The number of amides is 1. The highest BCUT2D eigenvalue weighted by Gasteiger charge is 2.37. The Bertz CT molecular complexity index is 525. The van der Waals surface area contributed by atoms with Crippen molar-refractivity contribution in [1.82, 2.24) is 19.7 Å². The number of ether oxygens (including phenoxy) is 1. The van der Waals surface area contributed by atoms with Crippen LogP contribution in [0, 0.1) is 6.92 Å². The maximum Gasteiger partial charge on any atom is 0.411 e. The largest absolute Gasteiger partial charge is 0.480 e. The van der Waals surface area contributed by atoms with Crippen molar-refractivity contribution in [1.29, 1.82) is 0 Å². The number of hydrogen-bond donors (Lipinski definition) is 1. The lowest BCUT2D eigenvalue weighted by atomic mass is 10.2.